The first-order chi connectivity index (χ1) is 9.29. The fourth-order valence-electron chi connectivity index (χ4n) is 1.68. The van der Waals surface area contributed by atoms with Gasteiger partial charge < -0.3 is 10.6 Å². The van der Waals surface area contributed by atoms with Crippen LogP contribution >= 0.6 is 12.6 Å². The molecule has 0 aromatic heterocycles. The van der Waals surface area contributed by atoms with E-state index >= 15 is 0 Å². The van der Waals surface area contributed by atoms with E-state index in [1.165, 1.54) is 0 Å². The van der Waals surface area contributed by atoms with Gasteiger partial charge in [-0.1, -0.05) is 32.9 Å². The van der Waals surface area contributed by atoms with E-state index in [2.05, 4.69) is 23.3 Å². The third-order valence-corrected chi connectivity index (χ3v) is 2.96. The molecule has 0 saturated heterocycles. The minimum Gasteiger partial charge on any atom is -0.354 e. The lowest BCUT2D eigenvalue weighted by Gasteiger charge is -2.17. The highest BCUT2D eigenvalue weighted by Gasteiger charge is 2.15. The summed E-state index contributed by atoms with van der Waals surface area (Å²) in [6.07, 6.45) is 0.473. The van der Waals surface area contributed by atoms with Crippen LogP contribution in [-0.2, 0) is 4.79 Å². The van der Waals surface area contributed by atoms with Gasteiger partial charge in [0.25, 0.3) is 5.91 Å². The molecule has 1 rings (SSSR count). The van der Waals surface area contributed by atoms with Gasteiger partial charge in [-0.25, -0.2) is 0 Å². The van der Waals surface area contributed by atoms with Crippen LogP contribution in [0.4, 0.5) is 0 Å². The Morgan fingerprint density at radius 3 is 2.30 bits per heavy atom. The molecule has 0 atom stereocenters. The van der Waals surface area contributed by atoms with Crippen molar-refractivity contribution in [3.8, 4) is 0 Å². The topological polar surface area (TPSA) is 58.2 Å². The Hall–Kier alpha value is -1.49. The smallest absolute Gasteiger partial charge is 0.252 e. The molecule has 2 amide bonds. The number of nitrogens with one attached hydrogen (secondary N) is 2. The quantitative estimate of drug-likeness (QED) is 0.576. The fourth-order valence-corrected chi connectivity index (χ4v) is 1.95. The Bertz CT molecular complexity index is 481. The maximum Gasteiger partial charge on any atom is 0.252 e. The zero-order chi connectivity index (χ0) is 15.2. The second-order valence-corrected chi connectivity index (χ2v) is 6.34. The Morgan fingerprint density at radius 2 is 1.70 bits per heavy atom. The highest BCUT2D eigenvalue weighted by Crippen LogP contribution is 2.17. The first-order valence-electron chi connectivity index (χ1n) is 6.62. The molecule has 0 aliphatic carbocycles. The predicted octanol–water partition coefficient (Wildman–Crippen LogP) is 2.26. The first kappa shape index (κ1) is 16.6. The van der Waals surface area contributed by atoms with Gasteiger partial charge in [-0.15, -0.1) is 12.6 Å². The number of carbonyl (C=O) groups is 2. The van der Waals surface area contributed by atoms with Crippen molar-refractivity contribution in [2.24, 2.45) is 5.41 Å². The van der Waals surface area contributed by atoms with Gasteiger partial charge in [-0.3, -0.25) is 9.59 Å². The number of benzene rings is 1. The van der Waals surface area contributed by atoms with E-state index in [9.17, 15) is 9.59 Å². The number of thiol groups is 1. The summed E-state index contributed by atoms with van der Waals surface area (Å²) >= 11 is 4.23. The van der Waals surface area contributed by atoms with Gasteiger partial charge in [0.2, 0.25) is 5.91 Å². The molecule has 0 saturated carbocycles. The van der Waals surface area contributed by atoms with Crippen molar-refractivity contribution >= 4 is 24.4 Å². The molecule has 0 aliphatic rings. The zero-order valence-electron chi connectivity index (χ0n) is 12.2. The summed E-state index contributed by atoms with van der Waals surface area (Å²) in [5.41, 5.74) is 0.509. The Labute approximate surface area is 125 Å². The lowest BCUT2D eigenvalue weighted by molar-refractivity contribution is -0.122. The number of rotatable bonds is 5. The molecule has 0 spiro atoms. The van der Waals surface area contributed by atoms with Gasteiger partial charge in [-0.05, 0) is 17.5 Å². The van der Waals surface area contributed by atoms with E-state index in [1.807, 2.05) is 26.8 Å². The third kappa shape index (κ3) is 6.10. The van der Waals surface area contributed by atoms with Crippen molar-refractivity contribution in [1.82, 2.24) is 10.6 Å². The molecule has 2 N–H and O–H groups in total. The van der Waals surface area contributed by atoms with Crippen LogP contribution in [-0.4, -0.2) is 24.9 Å². The van der Waals surface area contributed by atoms with Gasteiger partial charge in [0.1, 0.15) is 0 Å². The summed E-state index contributed by atoms with van der Waals surface area (Å²) in [5, 5.41) is 5.54. The van der Waals surface area contributed by atoms with Crippen molar-refractivity contribution in [1.29, 1.82) is 0 Å². The SMILES string of the molecule is CC(C)(C)CC(=O)NCCNC(=O)c1ccccc1S. The van der Waals surface area contributed by atoms with Crippen molar-refractivity contribution in [2.75, 3.05) is 13.1 Å². The lowest BCUT2D eigenvalue weighted by Crippen LogP contribution is -2.36. The first-order valence-corrected chi connectivity index (χ1v) is 7.07. The largest absolute Gasteiger partial charge is 0.354 e. The zero-order valence-corrected chi connectivity index (χ0v) is 13.1. The minimum atomic E-state index is -0.180. The normalized spacial score (nSPS) is 11.0. The maximum atomic E-state index is 11.9. The second kappa shape index (κ2) is 7.33. The molecule has 0 unspecified atom stereocenters. The summed E-state index contributed by atoms with van der Waals surface area (Å²) in [4.78, 5) is 24.1. The summed E-state index contributed by atoms with van der Waals surface area (Å²) < 4.78 is 0. The van der Waals surface area contributed by atoms with Crippen LogP contribution < -0.4 is 10.6 Å². The van der Waals surface area contributed by atoms with E-state index < -0.39 is 0 Å². The minimum absolute atomic E-state index is 0.00124. The van der Waals surface area contributed by atoms with Crippen LogP contribution in [0, 0.1) is 5.41 Å². The molecule has 1 aromatic rings. The van der Waals surface area contributed by atoms with Crippen LogP contribution in [0.15, 0.2) is 29.2 Å². The van der Waals surface area contributed by atoms with E-state index in [0.29, 0.717) is 30.0 Å². The van der Waals surface area contributed by atoms with Gasteiger partial charge in [0.05, 0.1) is 5.56 Å². The highest BCUT2D eigenvalue weighted by atomic mass is 32.1. The average Bonchev–Trinajstić information content (AvgIpc) is 2.33. The molecule has 0 heterocycles. The molecular formula is C15H22N2O2S. The summed E-state index contributed by atoms with van der Waals surface area (Å²) in [6, 6.07) is 7.10. The van der Waals surface area contributed by atoms with E-state index in [-0.39, 0.29) is 17.2 Å². The molecule has 1 aromatic carbocycles. The van der Waals surface area contributed by atoms with Crippen LogP contribution in [0.1, 0.15) is 37.6 Å². The molecule has 0 bridgehead atoms. The van der Waals surface area contributed by atoms with Gasteiger partial charge in [0, 0.05) is 24.4 Å². The van der Waals surface area contributed by atoms with Crippen molar-refractivity contribution in [3.63, 3.8) is 0 Å². The Kier molecular flexibility index (Phi) is 6.07. The van der Waals surface area contributed by atoms with Crippen molar-refractivity contribution in [2.45, 2.75) is 32.1 Å². The molecule has 0 radical (unpaired) electrons. The van der Waals surface area contributed by atoms with Crippen LogP contribution in [0.2, 0.25) is 0 Å². The monoisotopic (exact) mass is 294 g/mol. The predicted molar refractivity (Wildman–Crippen MR) is 83.1 cm³/mol. The number of hydrogen-bond donors (Lipinski definition) is 3. The Morgan fingerprint density at radius 1 is 1.10 bits per heavy atom. The number of amides is 2. The lowest BCUT2D eigenvalue weighted by atomic mass is 9.92. The maximum absolute atomic E-state index is 11.9. The standard InChI is InChI=1S/C15H22N2O2S/c1-15(2,3)10-13(18)16-8-9-17-14(19)11-6-4-5-7-12(11)20/h4-7,20H,8-10H2,1-3H3,(H,16,18)(H,17,19). The number of carbonyl (C=O) groups excluding carboxylic acids is 2. The second-order valence-electron chi connectivity index (χ2n) is 5.86. The van der Waals surface area contributed by atoms with Gasteiger partial charge in [-0.2, -0.15) is 0 Å². The molecular weight excluding hydrogens is 272 g/mol. The highest BCUT2D eigenvalue weighted by molar-refractivity contribution is 7.80. The van der Waals surface area contributed by atoms with Crippen LogP contribution in [0.5, 0.6) is 0 Å². The van der Waals surface area contributed by atoms with Gasteiger partial charge in [0.15, 0.2) is 0 Å². The van der Waals surface area contributed by atoms with E-state index in [0.717, 1.165) is 0 Å². The van der Waals surface area contributed by atoms with E-state index in [1.54, 1.807) is 18.2 Å². The van der Waals surface area contributed by atoms with Gasteiger partial charge >= 0.3 is 0 Å². The summed E-state index contributed by atoms with van der Waals surface area (Å²) in [6.45, 7) is 6.86. The molecule has 0 aliphatic heterocycles. The Balaban J connectivity index is 2.30. The molecule has 110 valence electrons. The number of hydrogen-bond acceptors (Lipinski definition) is 3. The summed E-state index contributed by atoms with van der Waals surface area (Å²) in [5.74, 6) is -0.179. The molecule has 20 heavy (non-hydrogen) atoms. The summed E-state index contributed by atoms with van der Waals surface area (Å²) in [7, 11) is 0. The average molecular weight is 294 g/mol. The third-order valence-electron chi connectivity index (χ3n) is 2.57. The molecule has 0 fully saturated rings. The van der Waals surface area contributed by atoms with Crippen molar-refractivity contribution < 1.29 is 9.59 Å². The molecule has 4 nitrogen and oxygen atoms in total. The molecule has 5 heteroatoms. The van der Waals surface area contributed by atoms with Crippen molar-refractivity contribution in [3.05, 3.63) is 29.8 Å². The van der Waals surface area contributed by atoms with Crippen LogP contribution in [0.25, 0.3) is 0 Å². The fraction of sp³-hybridized carbons (Fsp3) is 0.467. The van der Waals surface area contributed by atoms with Crippen LogP contribution in [0.3, 0.4) is 0 Å². The van der Waals surface area contributed by atoms with E-state index in [4.69, 9.17) is 0 Å².